The molecule has 0 aliphatic rings. The fraction of sp³-hybridized carbons (Fsp3) is 0.133. The molecule has 0 amide bonds. The highest BCUT2D eigenvalue weighted by molar-refractivity contribution is 9.08. The molecule has 0 aromatic heterocycles. The van der Waals surface area contributed by atoms with Gasteiger partial charge in [-0.1, -0.05) is 78.3 Å². The van der Waals surface area contributed by atoms with Crippen molar-refractivity contribution in [1.29, 1.82) is 0 Å². The lowest BCUT2D eigenvalue weighted by Gasteiger charge is -2.13. The van der Waals surface area contributed by atoms with Crippen molar-refractivity contribution in [2.45, 2.75) is 10.7 Å². The van der Waals surface area contributed by atoms with E-state index in [1.807, 2.05) is 0 Å². The van der Waals surface area contributed by atoms with E-state index in [9.17, 15) is 4.79 Å². The second-order valence-electron chi connectivity index (χ2n) is 4.37. The molecule has 0 heterocycles. The van der Waals surface area contributed by atoms with Crippen molar-refractivity contribution in [3.8, 4) is 0 Å². The minimum absolute atomic E-state index is 0.180. The van der Waals surface area contributed by atoms with Crippen molar-refractivity contribution in [3.05, 3.63) is 66.6 Å². The highest BCUT2D eigenvalue weighted by Crippen LogP contribution is 2.35. The monoisotopic (exact) mass is 502 g/mol. The van der Waals surface area contributed by atoms with Crippen LogP contribution in [0.5, 0.6) is 0 Å². The first-order valence-electron chi connectivity index (χ1n) is 6.02. The van der Waals surface area contributed by atoms with Crippen LogP contribution in [0.1, 0.15) is 27.0 Å². The molecule has 0 saturated carbocycles. The first-order valence-corrected chi connectivity index (χ1v) is 9.78. The number of rotatable bonds is 4. The maximum Gasteiger partial charge on any atom is 0.193 e. The van der Waals surface area contributed by atoms with Crippen LogP contribution in [-0.4, -0.2) is 5.78 Å². The van der Waals surface area contributed by atoms with Crippen LogP contribution in [0.2, 0.25) is 20.1 Å². The first kappa shape index (κ1) is 18.6. The second-order valence-corrected chi connectivity index (χ2v) is 7.06. The Balaban J connectivity index is 2.64. The van der Waals surface area contributed by atoms with E-state index in [0.29, 0.717) is 53.0 Å². The molecule has 2 rings (SSSR count). The Morgan fingerprint density at radius 3 is 1.45 bits per heavy atom. The van der Waals surface area contributed by atoms with Gasteiger partial charge in [-0.25, -0.2) is 0 Å². The minimum Gasteiger partial charge on any atom is -0.289 e. The molecule has 0 unspecified atom stereocenters. The fourth-order valence-electron chi connectivity index (χ4n) is 2.02. The van der Waals surface area contributed by atoms with Gasteiger partial charge in [-0.05, 0) is 35.4 Å². The Kier molecular flexibility index (Phi) is 6.64. The Morgan fingerprint density at radius 1 is 0.773 bits per heavy atom. The van der Waals surface area contributed by atoms with Crippen molar-refractivity contribution in [1.82, 2.24) is 0 Å². The first-order chi connectivity index (χ1) is 10.4. The predicted molar refractivity (Wildman–Crippen MR) is 102 cm³/mol. The predicted octanol–water partition coefficient (Wildman–Crippen LogP) is 7.32. The molecule has 0 spiro atoms. The number of benzene rings is 2. The van der Waals surface area contributed by atoms with Gasteiger partial charge in [0.15, 0.2) is 5.78 Å². The van der Waals surface area contributed by atoms with Crippen LogP contribution in [0.4, 0.5) is 0 Å². The van der Waals surface area contributed by atoms with Crippen LogP contribution in [0, 0.1) is 0 Å². The quantitative estimate of drug-likeness (QED) is 0.314. The van der Waals surface area contributed by atoms with Gasteiger partial charge in [0.25, 0.3) is 0 Å². The summed E-state index contributed by atoms with van der Waals surface area (Å²) in [6, 6.07) is 6.53. The molecular formula is C15H8Br2Cl4O. The summed E-state index contributed by atoms with van der Waals surface area (Å²) in [5.74, 6) is -0.180. The van der Waals surface area contributed by atoms with Gasteiger partial charge >= 0.3 is 0 Å². The normalized spacial score (nSPS) is 10.8. The van der Waals surface area contributed by atoms with E-state index in [1.165, 1.54) is 0 Å². The third-order valence-electron chi connectivity index (χ3n) is 3.15. The SMILES string of the molecule is O=C(c1ccc(Cl)c(Cl)c1CBr)c1ccc(Cl)c(Cl)c1CBr. The van der Waals surface area contributed by atoms with Crippen LogP contribution in [0.3, 0.4) is 0 Å². The van der Waals surface area contributed by atoms with Crippen LogP contribution < -0.4 is 0 Å². The number of carbonyl (C=O) groups excluding carboxylic acids is 1. The van der Waals surface area contributed by atoms with Gasteiger partial charge < -0.3 is 0 Å². The molecule has 1 nitrogen and oxygen atoms in total. The number of hydrogen-bond donors (Lipinski definition) is 0. The zero-order valence-electron chi connectivity index (χ0n) is 10.9. The Bertz CT molecular complexity index is 685. The number of halogens is 6. The van der Waals surface area contributed by atoms with Gasteiger partial charge in [0.05, 0.1) is 20.1 Å². The smallest absolute Gasteiger partial charge is 0.193 e. The zero-order chi connectivity index (χ0) is 16.4. The van der Waals surface area contributed by atoms with Gasteiger partial charge in [0.2, 0.25) is 0 Å². The summed E-state index contributed by atoms with van der Waals surface area (Å²) in [6.07, 6.45) is 0. The van der Waals surface area contributed by atoms with Crippen LogP contribution >= 0.6 is 78.3 Å². The zero-order valence-corrected chi connectivity index (χ0v) is 17.1. The van der Waals surface area contributed by atoms with Crippen LogP contribution in [0.25, 0.3) is 0 Å². The molecule has 0 fully saturated rings. The lowest BCUT2D eigenvalue weighted by molar-refractivity contribution is 0.103. The van der Waals surface area contributed by atoms with Crippen molar-refractivity contribution >= 4 is 84.0 Å². The molecule has 116 valence electrons. The Labute approximate surface area is 165 Å². The summed E-state index contributed by atoms with van der Waals surface area (Å²) in [5.41, 5.74) is 2.25. The number of carbonyl (C=O) groups is 1. The molecule has 0 saturated heterocycles. The summed E-state index contributed by atoms with van der Waals surface area (Å²) in [5, 5.41) is 2.37. The van der Waals surface area contributed by atoms with Crippen molar-refractivity contribution in [2.24, 2.45) is 0 Å². The molecule has 22 heavy (non-hydrogen) atoms. The van der Waals surface area contributed by atoms with Gasteiger partial charge in [-0.3, -0.25) is 4.79 Å². The van der Waals surface area contributed by atoms with E-state index in [1.54, 1.807) is 24.3 Å². The Hall–Kier alpha value is 0.230. The molecule has 7 heteroatoms. The molecule has 0 bridgehead atoms. The van der Waals surface area contributed by atoms with Gasteiger partial charge in [-0.15, -0.1) is 0 Å². The highest BCUT2D eigenvalue weighted by atomic mass is 79.9. The van der Waals surface area contributed by atoms with E-state index in [-0.39, 0.29) is 5.78 Å². The fourth-order valence-corrected chi connectivity index (χ4v) is 4.32. The summed E-state index contributed by atoms with van der Waals surface area (Å²) < 4.78 is 0. The van der Waals surface area contributed by atoms with Crippen molar-refractivity contribution in [2.75, 3.05) is 0 Å². The third kappa shape index (κ3) is 3.50. The lowest BCUT2D eigenvalue weighted by atomic mass is 9.96. The van der Waals surface area contributed by atoms with E-state index in [4.69, 9.17) is 46.4 Å². The number of ketones is 1. The second kappa shape index (κ2) is 7.87. The standard InChI is InChI=1S/C15H8Br2Cl4O/c16-5-9-7(1-3-11(18)13(9)20)15(22)8-2-4-12(19)14(21)10(8)6-17/h1-4H,5-6H2. The van der Waals surface area contributed by atoms with Crippen LogP contribution in [-0.2, 0) is 10.7 Å². The largest absolute Gasteiger partial charge is 0.289 e. The maximum absolute atomic E-state index is 12.9. The average molecular weight is 506 g/mol. The summed E-state index contributed by atoms with van der Waals surface area (Å²) in [4.78, 5) is 12.9. The van der Waals surface area contributed by atoms with Crippen LogP contribution in [0.15, 0.2) is 24.3 Å². The van der Waals surface area contributed by atoms with Crippen molar-refractivity contribution < 1.29 is 4.79 Å². The number of alkyl halides is 2. The third-order valence-corrected chi connectivity index (χ3v) is 5.96. The molecule has 0 aliphatic carbocycles. The minimum atomic E-state index is -0.180. The van der Waals surface area contributed by atoms with E-state index in [0.717, 1.165) is 0 Å². The van der Waals surface area contributed by atoms with Crippen molar-refractivity contribution in [3.63, 3.8) is 0 Å². The van der Waals surface area contributed by atoms with Gasteiger partial charge in [0, 0.05) is 21.8 Å². The molecule has 0 atom stereocenters. The summed E-state index contributed by atoms with van der Waals surface area (Å²) >= 11 is 31.1. The van der Waals surface area contributed by atoms with Gasteiger partial charge in [-0.2, -0.15) is 0 Å². The topological polar surface area (TPSA) is 17.1 Å². The van der Waals surface area contributed by atoms with E-state index < -0.39 is 0 Å². The highest BCUT2D eigenvalue weighted by Gasteiger charge is 2.21. The molecule has 0 radical (unpaired) electrons. The van der Waals surface area contributed by atoms with Gasteiger partial charge in [0.1, 0.15) is 0 Å². The number of hydrogen-bond acceptors (Lipinski definition) is 1. The molecular weight excluding hydrogens is 498 g/mol. The lowest BCUT2D eigenvalue weighted by Crippen LogP contribution is -2.08. The summed E-state index contributed by atoms with van der Waals surface area (Å²) in [7, 11) is 0. The molecule has 2 aromatic carbocycles. The molecule has 0 N–H and O–H groups in total. The molecule has 0 aliphatic heterocycles. The van der Waals surface area contributed by atoms with E-state index >= 15 is 0 Å². The Morgan fingerprint density at radius 2 is 1.14 bits per heavy atom. The molecule has 2 aromatic rings. The summed E-state index contributed by atoms with van der Waals surface area (Å²) in [6.45, 7) is 0. The maximum atomic E-state index is 12.9. The van der Waals surface area contributed by atoms with E-state index in [2.05, 4.69) is 31.9 Å². The average Bonchev–Trinajstić information content (AvgIpc) is 2.51.